The Morgan fingerprint density at radius 2 is 1.76 bits per heavy atom. The van der Waals surface area contributed by atoms with Crippen molar-refractivity contribution < 1.29 is 9.47 Å². The minimum absolute atomic E-state index is 0.304. The lowest BCUT2D eigenvalue weighted by molar-refractivity contribution is 0.414. The second-order valence-corrected chi connectivity index (χ2v) is 6.00. The Hall–Kier alpha value is -1.68. The van der Waals surface area contributed by atoms with Gasteiger partial charge in [-0.05, 0) is 64.2 Å². The van der Waals surface area contributed by atoms with Crippen LogP contribution in [-0.2, 0) is 6.42 Å². The molecule has 1 aliphatic carbocycles. The molecule has 1 aliphatic rings. The summed E-state index contributed by atoms with van der Waals surface area (Å²) in [6.45, 7) is 0. The molecular weight excluding hydrogens is 330 g/mol. The van der Waals surface area contributed by atoms with Gasteiger partial charge in [0.05, 0.1) is 25.9 Å². The first-order valence-corrected chi connectivity index (χ1v) is 7.77. The van der Waals surface area contributed by atoms with E-state index in [1.165, 1.54) is 11.1 Å². The Kier molecular flexibility index (Phi) is 4.06. The van der Waals surface area contributed by atoms with Gasteiger partial charge in [-0.15, -0.1) is 0 Å². The molecule has 0 spiro atoms. The molecule has 110 valence electrons. The minimum atomic E-state index is 0.304. The van der Waals surface area contributed by atoms with Gasteiger partial charge < -0.3 is 14.8 Å². The Balaban J connectivity index is 1.88. The third-order valence-corrected chi connectivity index (χ3v) is 4.63. The van der Waals surface area contributed by atoms with Crippen molar-refractivity contribution in [1.82, 2.24) is 0 Å². The van der Waals surface area contributed by atoms with E-state index < -0.39 is 0 Å². The number of aryl methyl sites for hydroxylation is 1. The molecule has 0 radical (unpaired) electrons. The summed E-state index contributed by atoms with van der Waals surface area (Å²) >= 11 is 3.59. The van der Waals surface area contributed by atoms with Crippen molar-refractivity contribution in [3.8, 4) is 11.5 Å². The van der Waals surface area contributed by atoms with Crippen LogP contribution in [0.4, 0.5) is 5.69 Å². The van der Waals surface area contributed by atoms with Crippen LogP contribution < -0.4 is 14.8 Å². The zero-order valence-corrected chi connectivity index (χ0v) is 13.7. The molecule has 0 fully saturated rings. The highest BCUT2D eigenvalue weighted by atomic mass is 79.9. The van der Waals surface area contributed by atoms with Crippen LogP contribution in [0, 0.1) is 0 Å². The van der Waals surface area contributed by atoms with Crippen LogP contribution in [-0.4, -0.2) is 14.2 Å². The molecule has 2 aromatic carbocycles. The average molecular weight is 348 g/mol. The first kappa shape index (κ1) is 14.3. The van der Waals surface area contributed by atoms with Gasteiger partial charge in [-0.25, -0.2) is 0 Å². The summed E-state index contributed by atoms with van der Waals surface area (Å²) in [6, 6.07) is 12.6. The lowest BCUT2D eigenvalue weighted by atomic mass is 10.1. The molecule has 4 heteroatoms. The fraction of sp³-hybridized carbons (Fsp3) is 0.294. The molecule has 21 heavy (non-hydrogen) atoms. The molecule has 2 aromatic rings. The highest BCUT2D eigenvalue weighted by Gasteiger charge is 2.23. The number of rotatable bonds is 4. The molecule has 3 rings (SSSR count). The first-order chi connectivity index (χ1) is 10.2. The third kappa shape index (κ3) is 2.86. The van der Waals surface area contributed by atoms with Gasteiger partial charge in [0.25, 0.3) is 0 Å². The zero-order valence-electron chi connectivity index (χ0n) is 12.2. The van der Waals surface area contributed by atoms with Gasteiger partial charge in [0.1, 0.15) is 11.5 Å². The van der Waals surface area contributed by atoms with Crippen molar-refractivity contribution in [3.63, 3.8) is 0 Å². The fourth-order valence-corrected chi connectivity index (χ4v) is 3.15. The molecule has 0 aromatic heterocycles. The smallest absolute Gasteiger partial charge is 0.121 e. The highest BCUT2D eigenvalue weighted by molar-refractivity contribution is 9.10. The summed E-state index contributed by atoms with van der Waals surface area (Å²) in [7, 11) is 3.39. The van der Waals surface area contributed by atoms with Crippen LogP contribution in [0.25, 0.3) is 0 Å². The number of methoxy groups -OCH3 is 2. The van der Waals surface area contributed by atoms with E-state index in [9.17, 15) is 0 Å². The van der Waals surface area contributed by atoms with Crippen LogP contribution in [0.2, 0.25) is 0 Å². The number of benzene rings is 2. The second kappa shape index (κ2) is 5.98. The van der Waals surface area contributed by atoms with Gasteiger partial charge in [0, 0.05) is 10.5 Å². The number of nitrogens with one attached hydrogen (secondary N) is 1. The SMILES string of the molecule is COc1ccc(Br)c(NC2CCc3ccc(OC)cc32)c1. The number of fused-ring (bicyclic) bond motifs is 1. The predicted octanol–water partition coefficient (Wildman–Crippen LogP) is 4.57. The first-order valence-electron chi connectivity index (χ1n) is 6.98. The molecule has 0 bridgehead atoms. The standard InChI is InChI=1S/C17H18BrNO2/c1-20-12-5-3-11-4-8-16(14(11)9-12)19-17-10-13(21-2)6-7-15(17)18/h3,5-7,9-10,16,19H,4,8H2,1-2H3. The minimum Gasteiger partial charge on any atom is -0.497 e. The van der Waals surface area contributed by atoms with E-state index in [-0.39, 0.29) is 0 Å². The number of halogens is 1. The second-order valence-electron chi connectivity index (χ2n) is 5.15. The molecule has 0 amide bonds. The number of ether oxygens (including phenoxy) is 2. The highest BCUT2D eigenvalue weighted by Crippen LogP contribution is 2.38. The van der Waals surface area contributed by atoms with Gasteiger partial charge in [0.2, 0.25) is 0 Å². The summed E-state index contributed by atoms with van der Waals surface area (Å²) in [5.74, 6) is 1.76. The summed E-state index contributed by atoms with van der Waals surface area (Å²) in [5, 5.41) is 3.61. The molecule has 0 saturated carbocycles. The van der Waals surface area contributed by atoms with E-state index in [1.807, 2.05) is 24.3 Å². The van der Waals surface area contributed by atoms with Crippen molar-refractivity contribution in [1.29, 1.82) is 0 Å². The lowest BCUT2D eigenvalue weighted by Gasteiger charge is -2.18. The van der Waals surface area contributed by atoms with E-state index in [0.717, 1.165) is 34.5 Å². The van der Waals surface area contributed by atoms with Gasteiger partial charge >= 0.3 is 0 Å². The summed E-state index contributed by atoms with van der Waals surface area (Å²) in [4.78, 5) is 0. The van der Waals surface area contributed by atoms with Crippen molar-refractivity contribution in [3.05, 3.63) is 52.0 Å². The normalized spacial score (nSPS) is 16.4. The van der Waals surface area contributed by atoms with E-state index in [0.29, 0.717) is 6.04 Å². The van der Waals surface area contributed by atoms with Crippen LogP contribution in [0.5, 0.6) is 11.5 Å². The molecule has 1 N–H and O–H groups in total. The molecule has 1 unspecified atom stereocenters. The van der Waals surface area contributed by atoms with E-state index in [2.05, 4.69) is 33.4 Å². The largest absolute Gasteiger partial charge is 0.497 e. The molecular formula is C17H18BrNO2. The van der Waals surface area contributed by atoms with Gasteiger partial charge in [-0.2, -0.15) is 0 Å². The molecule has 0 saturated heterocycles. The summed E-state index contributed by atoms with van der Waals surface area (Å²) in [6.07, 6.45) is 2.19. The van der Waals surface area contributed by atoms with Gasteiger partial charge in [0.15, 0.2) is 0 Å². The van der Waals surface area contributed by atoms with Crippen molar-refractivity contribution in [2.75, 3.05) is 19.5 Å². The predicted molar refractivity (Wildman–Crippen MR) is 88.4 cm³/mol. The van der Waals surface area contributed by atoms with Crippen LogP contribution in [0.15, 0.2) is 40.9 Å². The maximum Gasteiger partial charge on any atom is 0.121 e. The van der Waals surface area contributed by atoms with E-state index >= 15 is 0 Å². The average Bonchev–Trinajstić information content (AvgIpc) is 2.91. The van der Waals surface area contributed by atoms with Crippen LogP contribution >= 0.6 is 15.9 Å². The quantitative estimate of drug-likeness (QED) is 0.878. The maximum absolute atomic E-state index is 5.34. The maximum atomic E-state index is 5.34. The van der Waals surface area contributed by atoms with E-state index in [4.69, 9.17) is 9.47 Å². The van der Waals surface area contributed by atoms with Gasteiger partial charge in [-0.3, -0.25) is 0 Å². The Morgan fingerprint density at radius 1 is 1.05 bits per heavy atom. The van der Waals surface area contributed by atoms with Gasteiger partial charge in [-0.1, -0.05) is 6.07 Å². The summed E-state index contributed by atoms with van der Waals surface area (Å²) in [5.41, 5.74) is 3.77. The Bertz CT molecular complexity index is 657. The van der Waals surface area contributed by atoms with Crippen molar-refractivity contribution in [2.24, 2.45) is 0 Å². The van der Waals surface area contributed by atoms with Crippen molar-refractivity contribution in [2.45, 2.75) is 18.9 Å². The number of anilines is 1. The van der Waals surface area contributed by atoms with E-state index in [1.54, 1.807) is 14.2 Å². The Labute approximate surface area is 133 Å². The zero-order chi connectivity index (χ0) is 14.8. The number of hydrogen-bond acceptors (Lipinski definition) is 3. The molecule has 1 atom stereocenters. The number of hydrogen-bond donors (Lipinski definition) is 1. The van der Waals surface area contributed by atoms with Crippen molar-refractivity contribution >= 4 is 21.6 Å². The molecule has 0 heterocycles. The topological polar surface area (TPSA) is 30.5 Å². The lowest BCUT2D eigenvalue weighted by Crippen LogP contribution is -2.08. The van der Waals surface area contributed by atoms with Crippen LogP contribution in [0.1, 0.15) is 23.6 Å². The monoisotopic (exact) mass is 347 g/mol. The summed E-state index contributed by atoms with van der Waals surface area (Å²) < 4.78 is 11.7. The fourth-order valence-electron chi connectivity index (χ4n) is 2.79. The third-order valence-electron chi connectivity index (χ3n) is 3.93. The molecule has 3 nitrogen and oxygen atoms in total. The Morgan fingerprint density at radius 3 is 2.52 bits per heavy atom. The molecule has 0 aliphatic heterocycles. The van der Waals surface area contributed by atoms with Crippen LogP contribution in [0.3, 0.4) is 0 Å².